The SMILES string of the molecule is O=C1[C@H]2[C@@H](c3ccccc3)OC3(C(=O)c4ccccc4C3=O)[C@H]2C(=O)N1c1ccc(F)cc1. The van der Waals surface area contributed by atoms with Crippen LogP contribution in [-0.4, -0.2) is 29.0 Å². The number of Topliss-reactive ketones (excluding diaryl/α,β-unsaturated/α-hetero) is 2. The van der Waals surface area contributed by atoms with Crippen molar-refractivity contribution in [2.24, 2.45) is 11.8 Å². The van der Waals surface area contributed by atoms with E-state index in [1.807, 2.05) is 0 Å². The molecule has 7 heteroatoms. The second-order valence-corrected chi connectivity index (χ2v) is 8.38. The van der Waals surface area contributed by atoms with Gasteiger partial charge in [0.05, 0.1) is 23.6 Å². The number of hydrogen-bond donors (Lipinski definition) is 0. The molecule has 33 heavy (non-hydrogen) atoms. The second kappa shape index (κ2) is 6.76. The molecule has 2 heterocycles. The van der Waals surface area contributed by atoms with E-state index in [1.165, 1.54) is 24.3 Å². The van der Waals surface area contributed by atoms with Gasteiger partial charge in [-0.15, -0.1) is 0 Å². The Bertz CT molecular complexity index is 1320. The van der Waals surface area contributed by atoms with E-state index in [4.69, 9.17) is 4.74 Å². The number of amides is 2. The average molecular weight is 441 g/mol. The Balaban J connectivity index is 1.55. The molecule has 3 aromatic rings. The molecule has 1 aliphatic carbocycles. The largest absolute Gasteiger partial charge is 0.349 e. The molecule has 2 fully saturated rings. The van der Waals surface area contributed by atoms with Gasteiger partial charge in [-0.05, 0) is 29.8 Å². The Morgan fingerprint density at radius 3 is 1.91 bits per heavy atom. The smallest absolute Gasteiger partial charge is 0.241 e. The van der Waals surface area contributed by atoms with Crippen LogP contribution in [0.4, 0.5) is 10.1 Å². The van der Waals surface area contributed by atoms with E-state index in [0.717, 1.165) is 17.0 Å². The molecule has 0 aromatic heterocycles. The number of hydrogen-bond acceptors (Lipinski definition) is 5. The summed E-state index contributed by atoms with van der Waals surface area (Å²) in [7, 11) is 0. The van der Waals surface area contributed by atoms with Crippen molar-refractivity contribution in [3.63, 3.8) is 0 Å². The molecule has 0 N–H and O–H groups in total. The topological polar surface area (TPSA) is 80.8 Å². The van der Waals surface area contributed by atoms with E-state index >= 15 is 0 Å². The zero-order chi connectivity index (χ0) is 22.9. The van der Waals surface area contributed by atoms with Gasteiger partial charge in [0.25, 0.3) is 0 Å². The summed E-state index contributed by atoms with van der Waals surface area (Å²) in [6.07, 6.45) is -0.972. The van der Waals surface area contributed by atoms with Crippen LogP contribution in [0.1, 0.15) is 32.4 Å². The van der Waals surface area contributed by atoms with Gasteiger partial charge in [0, 0.05) is 11.1 Å². The first-order valence-electron chi connectivity index (χ1n) is 10.5. The van der Waals surface area contributed by atoms with Crippen LogP contribution in [0.15, 0.2) is 78.9 Å². The first-order valence-corrected chi connectivity index (χ1v) is 10.5. The molecule has 3 atom stereocenters. The minimum Gasteiger partial charge on any atom is -0.349 e. The fourth-order valence-corrected chi connectivity index (χ4v) is 5.31. The van der Waals surface area contributed by atoms with Crippen molar-refractivity contribution in [1.82, 2.24) is 0 Å². The molecule has 0 bridgehead atoms. The van der Waals surface area contributed by atoms with Crippen LogP contribution in [0, 0.1) is 17.7 Å². The summed E-state index contributed by atoms with van der Waals surface area (Å²) in [4.78, 5) is 55.5. The van der Waals surface area contributed by atoms with Gasteiger partial charge in [-0.3, -0.25) is 19.2 Å². The average Bonchev–Trinajstić information content (AvgIpc) is 3.41. The number of carbonyl (C=O) groups is 4. The summed E-state index contributed by atoms with van der Waals surface area (Å²) >= 11 is 0. The summed E-state index contributed by atoms with van der Waals surface area (Å²) in [5.41, 5.74) is -0.997. The standard InChI is InChI=1S/C26H16FNO5/c27-15-10-12-16(13-11-15)28-24(31)19-20(25(28)32)26(33-21(19)14-6-2-1-3-7-14)22(29)17-8-4-5-9-18(17)23(26)30/h1-13,19-21H/t19-,20-,21-/m1/s1. The molecule has 0 saturated carbocycles. The third kappa shape index (κ3) is 2.45. The third-order valence-electron chi connectivity index (χ3n) is 6.73. The Hall–Kier alpha value is -3.97. The number of ether oxygens (including phenoxy) is 1. The number of anilines is 1. The quantitative estimate of drug-likeness (QED) is 0.449. The molecule has 2 aliphatic heterocycles. The summed E-state index contributed by atoms with van der Waals surface area (Å²) in [5.74, 6) is -5.43. The number of imide groups is 1. The number of benzene rings is 3. The summed E-state index contributed by atoms with van der Waals surface area (Å²) in [6, 6.07) is 20.0. The molecule has 6 nitrogen and oxygen atoms in total. The van der Waals surface area contributed by atoms with Crippen LogP contribution in [0.3, 0.4) is 0 Å². The van der Waals surface area contributed by atoms with Crippen molar-refractivity contribution in [2.45, 2.75) is 11.7 Å². The Labute approximate surface area is 187 Å². The monoisotopic (exact) mass is 441 g/mol. The molecule has 6 rings (SSSR count). The highest BCUT2D eigenvalue weighted by atomic mass is 19.1. The fraction of sp³-hybridized carbons (Fsp3) is 0.154. The zero-order valence-electron chi connectivity index (χ0n) is 17.1. The maximum atomic E-state index is 13.7. The second-order valence-electron chi connectivity index (χ2n) is 8.38. The van der Waals surface area contributed by atoms with Gasteiger partial charge in [0.15, 0.2) is 0 Å². The van der Waals surface area contributed by atoms with E-state index in [9.17, 15) is 23.6 Å². The van der Waals surface area contributed by atoms with Gasteiger partial charge in [0.2, 0.25) is 29.0 Å². The van der Waals surface area contributed by atoms with Crippen molar-refractivity contribution >= 4 is 29.1 Å². The summed E-state index contributed by atoms with van der Waals surface area (Å²) < 4.78 is 19.7. The molecular formula is C26H16FNO5. The molecule has 2 amide bonds. The van der Waals surface area contributed by atoms with Crippen LogP contribution < -0.4 is 4.90 Å². The van der Waals surface area contributed by atoms with Crippen molar-refractivity contribution in [3.05, 3.63) is 101 Å². The maximum Gasteiger partial charge on any atom is 0.241 e. The van der Waals surface area contributed by atoms with Gasteiger partial charge in [-0.25, -0.2) is 9.29 Å². The first-order chi connectivity index (χ1) is 15.9. The number of halogens is 1. The van der Waals surface area contributed by atoms with Gasteiger partial charge >= 0.3 is 0 Å². The van der Waals surface area contributed by atoms with Crippen LogP contribution in [0.5, 0.6) is 0 Å². The lowest BCUT2D eigenvalue weighted by molar-refractivity contribution is -0.127. The Morgan fingerprint density at radius 1 is 0.727 bits per heavy atom. The van der Waals surface area contributed by atoms with Gasteiger partial charge < -0.3 is 4.74 Å². The predicted octanol–water partition coefficient (Wildman–Crippen LogP) is 3.52. The predicted molar refractivity (Wildman–Crippen MR) is 114 cm³/mol. The first kappa shape index (κ1) is 19.7. The van der Waals surface area contributed by atoms with Crippen molar-refractivity contribution in [1.29, 1.82) is 0 Å². The number of carbonyl (C=O) groups excluding carboxylic acids is 4. The van der Waals surface area contributed by atoms with Gasteiger partial charge in [0.1, 0.15) is 5.82 Å². The van der Waals surface area contributed by atoms with E-state index in [2.05, 4.69) is 0 Å². The molecule has 3 aliphatic rings. The summed E-state index contributed by atoms with van der Waals surface area (Å²) in [5, 5.41) is 0. The highest BCUT2D eigenvalue weighted by Gasteiger charge is 2.74. The lowest BCUT2D eigenvalue weighted by Gasteiger charge is -2.27. The molecule has 0 radical (unpaired) electrons. The number of rotatable bonds is 2. The van der Waals surface area contributed by atoms with Gasteiger partial charge in [-0.2, -0.15) is 0 Å². The molecule has 1 spiro atoms. The van der Waals surface area contributed by atoms with Crippen LogP contribution in [0.25, 0.3) is 0 Å². The summed E-state index contributed by atoms with van der Waals surface area (Å²) in [6.45, 7) is 0. The molecule has 162 valence electrons. The fourth-order valence-electron chi connectivity index (χ4n) is 5.31. The molecule has 0 unspecified atom stereocenters. The minimum absolute atomic E-state index is 0.176. The lowest BCUT2D eigenvalue weighted by atomic mass is 9.77. The van der Waals surface area contributed by atoms with Crippen LogP contribution >= 0.6 is 0 Å². The number of nitrogens with zero attached hydrogens (tertiary/aromatic N) is 1. The Kier molecular flexibility index (Phi) is 4.04. The maximum absolute atomic E-state index is 13.7. The normalized spacial score (nSPS) is 25.1. The Morgan fingerprint density at radius 2 is 1.30 bits per heavy atom. The van der Waals surface area contributed by atoms with Gasteiger partial charge in [-0.1, -0.05) is 54.6 Å². The highest BCUT2D eigenvalue weighted by Crippen LogP contribution is 2.57. The van der Waals surface area contributed by atoms with Crippen LogP contribution in [0.2, 0.25) is 0 Å². The minimum atomic E-state index is -2.11. The molecule has 2 saturated heterocycles. The molecular weight excluding hydrogens is 425 g/mol. The zero-order valence-corrected chi connectivity index (χ0v) is 17.1. The third-order valence-corrected chi connectivity index (χ3v) is 6.73. The van der Waals surface area contributed by atoms with E-state index < -0.39 is 52.7 Å². The van der Waals surface area contributed by atoms with Crippen molar-refractivity contribution in [3.8, 4) is 0 Å². The molecule has 3 aromatic carbocycles. The van der Waals surface area contributed by atoms with Crippen LogP contribution in [-0.2, 0) is 14.3 Å². The number of fused-ring (bicyclic) bond motifs is 3. The van der Waals surface area contributed by atoms with Crippen molar-refractivity contribution < 1.29 is 28.3 Å². The lowest BCUT2D eigenvalue weighted by Crippen LogP contribution is -2.51. The number of ketones is 2. The highest BCUT2D eigenvalue weighted by molar-refractivity contribution is 6.37. The van der Waals surface area contributed by atoms with E-state index in [0.29, 0.717) is 5.56 Å². The van der Waals surface area contributed by atoms with Crippen molar-refractivity contribution in [2.75, 3.05) is 4.90 Å². The van der Waals surface area contributed by atoms with E-state index in [-0.39, 0.29) is 16.8 Å². The van der Waals surface area contributed by atoms with E-state index in [1.54, 1.807) is 42.5 Å².